The van der Waals surface area contributed by atoms with Crippen LogP contribution in [0.25, 0.3) is 11.3 Å². The number of furan rings is 1. The highest BCUT2D eigenvalue weighted by Gasteiger charge is 2.28. The van der Waals surface area contributed by atoms with Gasteiger partial charge >= 0.3 is 0 Å². The van der Waals surface area contributed by atoms with E-state index in [1.165, 1.54) is 5.56 Å². The Labute approximate surface area is 111 Å². The van der Waals surface area contributed by atoms with Crippen LogP contribution in [0.5, 0.6) is 0 Å². The quantitative estimate of drug-likeness (QED) is 0.887. The fourth-order valence-electron chi connectivity index (χ4n) is 2.58. The van der Waals surface area contributed by atoms with E-state index in [1.807, 2.05) is 20.0 Å². The number of amides is 1. The fourth-order valence-corrected chi connectivity index (χ4v) is 2.58. The van der Waals surface area contributed by atoms with Gasteiger partial charge in [0.2, 0.25) is 0 Å². The van der Waals surface area contributed by atoms with Crippen LogP contribution in [0.4, 0.5) is 0 Å². The Balaban J connectivity index is 2.01. The van der Waals surface area contributed by atoms with Crippen molar-refractivity contribution >= 4 is 5.91 Å². The lowest BCUT2D eigenvalue weighted by molar-refractivity contribution is 0.0923. The molecule has 5 heteroatoms. The number of aryl methyl sites for hydroxylation is 2. The van der Waals surface area contributed by atoms with Crippen molar-refractivity contribution in [3.8, 4) is 11.3 Å². The van der Waals surface area contributed by atoms with Crippen LogP contribution in [0, 0.1) is 6.92 Å². The smallest absolute Gasteiger partial charge is 0.287 e. The van der Waals surface area contributed by atoms with Gasteiger partial charge in [-0.2, -0.15) is 5.10 Å². The van der Waals surface area contributed by atoms with E-state index in [2.05, 4.69) is 15.5 Å². The number of carbonyl (C=O) groups is 1. The molecule has 0 aromatic carbocycles. The molecule has 0 atom stereocenters. The maximum absolute atomic E-state index is 12.1. The molecule has 2 N–H and O–H groups in total. The highest BCUT2D eigenvalue weighted by molar-refractivity contribution is 5.95. The first-order valence-electron chi connectivity index (χ1n) is 6.65. The van der Waals surface area contributed by atoms with Crippen LogP contribution in [0.15, 0.2) is 10.6 Å². The van der Waals surface area contributed by atoms with E-state index in [-0.39, 0.29) is 5.91 Å². The number of carbonyl (C=O) groups excluding carboxylic acids is 1. The summed E-state index contributed by atoms with van der Waals surface area (Å²) < 4.78 is 5.76. The van der Waals surface area contributed by atoms with Gasteiger partial charge in [-0.1, -0.05) is 6.92 Å². The van der Waals surface area contributed by atoms with Crippen molar-refractivity contribution in [3.63, 3.8) is 0 Å². The van der Waals surface area contributed by atoms with Gasteiger partial charge < -0.3 is 9.73 Å². The third-order valence-electron chi connectivity index (χ3n) is 3.55. The number of nitrogens with one attached hydrogen (secondary N) is 2. The molecular weight excluding hydrogens is 242 g/mol. The van der Waals surface area contributed by atoms with Crippen molar-refractivity contribution in [2.75, 3.05) is 6.54 Å². The van der Waals surface area contributed by atoms with Crippen molar-refractivity contribution in [3.05, 3.63) is 28.8 Å². The number of hydrogen-bond donors (Lipinski definition) is 2. The van der Waals surface area contributed by atoms with E-state index < -0.39 is 0 Å². The van der Waals surface area contributed by atoms with Crippen molar-refractivity contribution in [1.29, 1.82) is 0 Å². The largest absolute Gasteiger partial charge is 0.455 e. The minimum atomic E-state index is -0.130. The molecule has 0 unspecified atom stereocenters. The summed E-state index contributed by atoms with van der Waals surface area (Å²) in [6, 6.07) is 0. The molecule has 0 spiro atoms. The molecule has 0 saturated carbocycles. The SMILES string of the molecule is CCCNC(=O)c1oc2c(c1C)-c1[nH]ncc1CC2. The van der Waals surface area contributed by atoms with Gasteiger partial charge in [0.25, 0.3) is 5.91 Å². The highest BCUT2D eigenvalue weighted by atomic mass is 16.4. The average molecular weight is 259 g/mol. The Hall–Kier alpha value is -2.04. The average Bonchev–Trinajstić information content (AvgIpc) is 3.00. The van der Waals surface area contributed by atoms with Crippen molar-refractivity contribution in [1.82, 2.24) is 15.5 Å². The van der Waals surface area contributed by atoms with Gasteiger partial charge in [0, 0.05) is 24.1 Å². The normalized spacial score (nSPS) is 12.9. The van der Waals surface area contributed by atoms with Crippen LogP contribution >= 0.6 is 0 Å². The van der Waals surface area contributed by atoms with Crippen LogP contribution in [-0.2, 0) is 12.8 Å². The summed E-state index contributed by atoms with van der Waals surface area (Å²) in [6.45, 7) is 4.62. The van der Waals surface area contributed by atoms with Crippen LogP contribution in [0.2, 0.25) is 0 Å². The molecule has 0 bridgehead atoms. The summed E-state index contributed by atoms with van der Waals surface area (Å²) in [4.78, 5) is 12.1. The zero-order valence-corrected chi connectivity index (χ0v) is 11.2. The molecular formula is C14H17N3O2. The Bertz CT molecular complexity index is 625. The predicted molar refractivity (Wildman–Crippen MR) is 71.1 cm³/mol. The number of aromatic amines is 1. The Morgan fingerprint density at radius 3 is 3.16 bits per heavy atom. The maximum atomic E-state index is 12.1. The Kier molecular flexibility index (Phi) is 2.89. The Morgan fingerprint density at radius 1 is 1.53 bits per heavy atom. The van der Waals surface area contributed by atoms with Gasteiger partial charge in [0.15, 0.2) is 5.76 Å². The molecule has 1 aliphatic carbocycles. The molecule has 0 fully saturated rings. The molecule has 1 aliphatic rings. The van der Waals surface area contributed by atoms with Gasteiger partial charge in [0.05, 0.1) is 11.9 Å². The van der Waals surface area contributed by atoms with E-state index in [0.717, 1.165) is 41.8 Å². The first-order valence-corrected chi connectivity index (χ1v) is 6.65. The second-order valence-corrected chi connectivity index (χ2v) is 4.88. The van der Waals surface area contributed by atoms with E-state index in [9.17, 15) is 4.79 Å². The molecule has 1 amide bonds. The molecule has 2 aromatic heterocycles. The highest BCUT2D eigenvalue weighted by Crippen LogP contribution is 2.37. The zero-order valence-electron chi connectivity index (χ0n) is 11.2. The van der Waals surface area contributed by atoms with Crippen LogP contribution in [-0.4, -0.2) is 22.6 Å². The van der Waals surface area contributed by atoms with Gasteiger partial charge in [-0.25, -0.2) is 0 Å². The lowest BCUT2D eigenvalue weighted by Crippen LogP contribution is -2.24. The van der Waals surface area contributed by atoms with Gasteiger partial charge in [-0.3, -0.25) is 9.89 Å². The summed E-state index contributed by atoms with van der Waals surface area (Å²) in [5.74, 6) is 1.19. The summed E-state index contributed by atoms with van der Waals surface area (Å²) in [6.07, 6.45) is 4.49. The third-order valence-corrected chi connectivity index (χ3v) is 3.55. The molecule has 0 radical (unpaired) electrons. The zero-order chi connectivity index (χ0) is 13.4. The molecule has 2 heterocycles. The molecule has 100 valence electrons. The molecule has 2 aromatic rings. The number of nitrogens with zero attached hydrogens (tertiary/aromatic N) is 1. The first-order chi connectivity index (χ1) is 9.22. The lowest BCUT2D eigenvalue weighted by atomic mass is 9.93. The van der Waals surface area contributed by atoms with Crippen LogP contribution in [0.1, 0.15) is 40.8 Å². The van der Waals surface area contributed by atoms with Crippen molar-refractivity contribution in [2.24, 2.45) is 0 Å². The number of hydrogen-bond acceptors (Lipinski definition) is 3. The molecule has 19 heavy (non-hydrogen) atoms. The first kappa shape index (κ1) is 12.0. The van der Waals surface area contributed by atoms with Gasteiger partial charge in [-0.05, 0) is 25.3 Å². The van der Waals surface area contributed by atoms with Gasteiger partial charge in [0.1, 0.15) is 5.76 Å². The lowest BCUT2D eigenvalue weighted by Gasteiger charge is -2.09. The predicted octanol–water partition coefficient (Wildman–Crippen LogP) is 2.22. The van der Waals surface area contributed by atoms with E-state index in [0.29, 0.717) is 12.3 Å². The van der Waals surface area contributed by atoms with Crippen molar-refractivity contribution < 1.29 is 9.21 Å². The second kappa shape index (κ2) is 4.57. The minimum absolute atomic E-state index is 0.130. The number of aromatic nitrogens is 2. The van der Waals surface area contributed by atoms with E-state index >= 15 is 0 Å². The van der Waals surface area contributed by atoms with Gasteiger partial charge in [-0.15, -0.1) is 0 Å². The Morgan fingerprint density at radius 2 is 2.37 bits per heavy atom. The summed E-state index contributed by atoms with van der Waals surface area (Å²) in [5, 5.41) is 9.95. The fraction of sp³-hybridized carbons (Fsp3) is 0.429. The van der Waals surface area contributed by atoms with E-state index in [1.54, 1.807) is 0 Å². The maximum Gasteiger partial charge on any atom is 0.287 e. The number of fused-ring (bicyclic) bond motifs is 3. The number of rotatable bonds is 3. The second-order valence-electron chi connectivity index (χ2n) is 4.88. The molecule has 5 nitrogen and oxygen atoms in total. The topological polar surface area (TPSA) is 70.9 Å². The van der Waals surface area contributed by atoms with E-state index in [4.69, 9.17) is 4.42 Å². The molecule has 0 aliphatic heterocycles. The molecule has 3 rings (SSSR count). The third kappa shape index (κ3) is 1.85. The van der Waals surface area contributed by atoms with Crippen LogP contribution < -0.4 is 5.32 Å². The standard InChI is InChI=1S/C14H17N3O2/c1-3-6-15-14(18)13-8(2)11-10(19-13)5-4-9-7-16-17-12(9)11/h7H,3-6H2,1-2H3,(H,15,18)(H,16,17). The van der Waals surface area contributed by atoms with Crippen molar-refractivity contribution in [2.45, 2.75) is 33.1 Å². The number of H-pyrrole nitrogens is 1. The summed E-state index contributed by atoms with van der Waals surface area (Å²) in [7, 11) is 0. The van der Waals surface area contributed by atoms with Crippen LogP contribution in [0.3, 0.4) is 0 Å². The summed E-state index contributed by atoms with van der Waals surface area (Å²) in [5.41, 5.74) is 4.10. The summed E-state index contributed by atoms with van der Waals surface area (Å²) >= 11 is 0. The monoisotopic (exact) mass is 259 g/mol. The molecule has 0 saturated heterocycles. The minimum Gasteiger partial charge on any atom is -0.455 e.